The molecule has 0 saturated heterocycles. The van der Waals surface area contributed by atoms with E-state index in [1.165, 1.54) is 6.33 Å². The number of nitrogens with two attached hydrogens (primary N) is 1. The largest absolute Gasteiger partial charge is 0.399 e. The summed E-state index contributed by atoms with van der Waals surface area (Å²) < 4.78 is 0. The summed E-state index contributed by atoms with van der Waals surface area (Å²) in [6.45, 7) is 3.94. The second-order valence-corrected chi connectivity index (χ2v) is 3.19. The molecule has 0 bridgehead atoms. The third-order valence-corrected chi connectivity index (χ3v) is 1.96. The summed E-state index contributed by atoms with van der Waals surface area (Å²) in [7, 11) is 0. The third kappa shape index (κ3) is 3.21. The van der Waals surface area contributed by atoms with Crippen molar-refractivity contribution in [2.75, 3.05) is 11.9 Å². The molecular formula is C9H11N6OY-. The molecule has 0 spiro atoms. The molecule has 8 heteroatoms. The van der Waals surface area contributed by atoms with Crippen molar-refractivity contribution in [3.8, 4) is 0 Å². The summed E-state index contributed by atoms with van der Waals surface area (Å²) in [6, 6.07) is 0. The zero-order valence-electron chi connectivity index (χ0n) is 9.10. The predicted octanol–water partition coefficient (Wildman–Crippen LogP) is -0.855. The number of imidazole rings is 1. The van der Waals surface area contributed by atoms with Gasteiger partial charge in [-0.3, -0.25) is 4.79 Å². The van der Waals surface area contributed by atoms with Crippen molar-refractivity contribution >= 4 is 17.6 Å². The Bertz CT molecular complexity index is 466. The Morgan fingerprint density at radius 3 is 3.12 bits per heavy atom. The Hall–Kier alpha value is -1.05. The normalized spacial score (nSPS) is 13.0. The van der Waals surface area contributed by atoms with Crippen molar-refractivity contribution in [2.24, 2.45) is 10.7 Å². The number of hydrogen-bond acceptors (Lipinski definition) is 5. The molecule has 1 aromatic heterocycles. The van der Waals surface area contributed by atoms with Gasteiger partial charge in [0.1, 0.15) is 5.84 Å². The van der Waals surface area contributed by atoms with E-state index in [1.807, 2.05) is 0 Å². The van der Waals surface area contributed by atoms with E-state index in [1.54, 1.807) is 0 Å². The van der Waals surface area contributed by atoms with Crippen molar-refractivity contribution in [2.45, 2.75) is 6.42 Å². The Kier molecular flexibility index (Phi) is 4.98. The molecule has 1 amide bonds. The fourth-order valence-corrected chi connectivity index (χ4v) is 1.30. The number of amides is 1. The molecule has 0 fully saturated rings. The zero-order chi connectivity index (χ0) is 11.5. The smallest absolute Gasteiger partial charge is 0.226 e. The van der Waals surface area contributed by atoms with Crippen LogP contribution in [-0.4, -0.2) is 23.3 Å². The first-order valence-electron chi connectivity index (χ1n) is 4.73. The van der Waals surface area contributed by atoms with Gasteiger partial charge in [0.15, 0.2) is 0 Å². The maximum atomic E-state index is 11.4. The van der Waals surface area contributed by atoms with Crippen molar-refractivity contribution in [1.29, 1.82) is 0 Å². The minimum Gasteiger partial charge on any atom is -0.399 e. The van der Waals surface area contributed by atoms with Crippen LogP contribution in [0.15, 0.2) is 23.7 Å². The molecule has 7 nitrogen and oxygen atoms in total. The number of hydrogen-bond donors (Lipinski definition) is 3. The molecule has 1 aliphatic rings. The Labute approximate surface area is 123 Å². The maximum Gasteiger partial charge on any atom is 0.226 e. The summed E-state index contributed by atoms with van der Waals surface area (Å²) in [5, 5.41) is 5.46. The van der Waals surface area contributed by atoms with E-state index in [9.17, 15) is 4.79 Å². The summed E-state index contributed by atoms with van der Waals surface area (Å²) in [5.74, 6) is 1.11. The first-order chi connectivity index (χ1) is 7.70. The number of carbonyl (C=O) groups excluding carboxylic acids is 1. The number of aromatic nitrogens is 2. The summed E-state index contributed by atoms with van der Waals surface area (Å²) in [4.78, 5) is 23.4. The first kappa shape index (κ1) is 14.0. The second-order valence-electron chi connectivity index (χ2n) is 3.19. The Morgan fingerprint density at radius 2 is 2.41 bits per heavy atom. The van der Waals surface area contributed by atoms with Gasteiger partial charge in [0.05, 0.1) is 5.82 Å². The summed E-state index contributed by atoms with van der Waals surface area (Å²) in [6.07, 6.45) is 1.63. The SMILES string of the molecule is C=C1N=C(NC(=O)CCN)c2nc[n-]c2N1.[Y]. The quantitative estimate of drug-likeness (QED) is 0.659. The molecule has 0 unspecified atom stereocenters. The molecule has 87 valence electrons. The van der Waals surface area contributed by atoms with E-state index < -0.39 is 0 Å². The Morgan fingerprint density at radius 1 is 1.65 bits per heavy atom. The Balaban J connectivity index is 0.00000144. The van der Waals surface area contributed by atoms with E-state index in [2.05, 4.69) is 32.2 Å². The van der Waals surface area contributed by atoms with Crippen LogP contribution in [-0.2, 0) is 37.5 Å². The van der Waals surface area contributed by atoms with E-state index in [4.69, 9.17) is 5.73 Å². The van der Waals surface area contributed by atoms with Crippen LogP contribution >= 0.6 is 0 Å². The van der Waals surface area contributed by atoms with Crippen LogP contribution in [0.4, 0.5) is 5.82 Å². The third-order valence-electron chi connectivity index (χ3n) is 1.96. The predicted molar refractivity (Wildman–Crippen MR) is 58.7 cm³/mol. The fourth-order valence-electron chi connectivity index (χ4n) is 1.30. The molecule has 4 N–H and O–H groups in total. The van der Waals surface area contributed by atoms with Crippen LogP contribution in [0.5, 0.6) is 0 Å². The van der Waals surface area contributed by atoms with Gasteiger partial charge in [-0.1, -0.05) is 6.58 Å². The number of carbonyl (C=O) groups is 1. The molecule has 0 aromatic carbocycles. The number of aliphatic imine (C=N–C) groups is 1. The van der Waals surface area contributed by atoms with Crippen LogP contribution in [0, 0.1) is 0 Å². The first-order valence-corrected chi connectivity index (χ1v) is 4.73. The van der Waals surface area contributed by atoms with Gasteiger partial charge in [-0.05, 0) is 6.33 Å². The molecule has 0 atom stereocenters. The van der Waals surface area contributed by atoms with Gasteiger partial charge in [0, 0.05) is 57.2 Å². The zero-order valence-corrected chi connectivity index (χ0v) is 11.9. The van der Waals surface area contributed by atoms with Crippen molar-refractivity contribution in [1.82, 2.24) is 15.3 Å². The second kappa shape index (κ2) is 6.04. The van der Waals surface area contributed by atoms with Gasteiger partial charge in [0.2, 0.25) is 5.91 Å². The molecule has 2 rings (SSSR count). The summed E-state index contributed by atoms with van der Waals surface area (Å²) >= 11 is 0. The standard InChI is InChI=1S/C9H12N6O.Y/c1-5-13-8-7(11-4-12-8)9(14-5)15-6(16)2-3-10;/h4H,1-3,10H2,(H3,11,12,13,14,15,16);/p-1. The fraction of sp³-hybridized carbons (Fsp3) is 0.222. The monoisotopic (exact) mass is 308 g/mol. The van der Waals surface area contributed by atoms with Crippen LogP contribution in [0.3, 0.4) is 0 Å². The molecular weight excluding hydrogens is 297 g/mol. The van der Waals surface area contributed by atoms with Crippen LogP contribution < -0.4 is 21.4 Å². The molecule has 17 heavy (non-hydrogen) atoms. The molecule has 1 radical (unpaired) electrons. The van der Waals surface area contributed by atoms with E-state index in [0.717, 1.165) is 0 Å². The molecule has 0 aliphatic carbocycles. The topological polar surface area (TPSA) is 106 Å². The number of nitrogens with zero attached hydrogens (tertiary/aromatic N) is 3. The number of amidine groups is 1. The molecule has 0 saturated carbocycles. The van der Waals surface area contributed by atoms with Crippen molar-refractivity contribution in [3.63, 3.8) is 0 Å². The van der Waals surface area contributed by atoms with Gasteiger partial charge in [0.25, 0.3) is 0 Å². The van der Waals surface area contributed by atoms with Crippen molar-refractivity contribution < 1.29 is 37.5 Å². The van der Waals surface area contributed by atoms with E-state index >= 15 is 0 Å². The minimum atomic E-state index is -0.204. The minimum absolute atomic E-state index is 0. The number of nitrogens with one attached hydrogen (secondary N) is 2. The van der Waals surface area contributed by atoms with Gasteiger partial charge in [-0.15, -0.1) is 0 Å². The molecule has 1 aliphatic heterocycles. The number of rotatable bonds is 2. The van der Waals surface area contributed by atoms with Crippen LogP contribution in [0.25, 0.3) is 0 Å². The van der Waals surface area contributed by atoms with Gasteiger partial charge < -0.3 is 26.3 Å². The number of fused-ring (bicyclic) bond motifs is 1. The number of anilines is 1. The van der Waals surface area contributed by atoms with Crippen LogP contribution in [0.1, 0.15) is 12.1 Å². The van der Waals surface area contributed by atoms with Gasteiger partial charge in [-0.2, -0.15) is 0 Å². The molecule has 1 aromatic rings. The van der Waals surface area contributed by atoms with Crippen molar-refractivity contribution in [3.05, 3.63) is 24.4 Å². The average Bonchev–Trinajstić information content (AvgIpc) is 2.65. The maximum absolute atomic E-state index is 11.4. The van der Waals surface area contributed by atoms with Gasteiger partial charge in [-0.25, -0.2) is 4.99 Å². The van der Waals surface area contributed by atoms with E-state index in [0.29, 0.717) is 23.2 Å². The van der Waals surface area contributed by atoms with E-state index in [-0.39, 0.29) is 51.6 Å². The average molecular weight is 308 g/mol. The molecule has 2 heterocycles. The summed E-state index contributed by atoms with van der Waals surface area (Å²) in [5.41, 5.74) is 5.79. The van der Waals surface area contributed by atoms with Gasteiger partial charge >= 0.3 is 0 Å². The van der Waals surface area contributed by atoms with Crippen LogP contribution in [0.2, 0.25) is 0 Å².